The quantitative estimate of drug-likeness (QED) is 0.605. The van der Waals surface area contributed by atoms with Crippen LogP contribution in [0.25, 0.3) is 11.1 Å². The second-order valence-electron chi connectivity index (χ2n) is 4.66. The summed E-state index contributed by atoms with van der Waals surface area (Å²) in [7, 11) is 0. The van der Waals surface area contributed by atoms with Crippen molar-refractivity contribution in [2.24, 2.45) is 0 Å². The van der Waals surface area contributed by atoms with Crippen LogP contribution in [0.4, 0.5) is 0 Å². The van der Waals surface area contributed by atoms with Crippen molar-refractivity contribution in [1.29, 1.82) is 0 Å². The molecular formula is C15H11ClINO2. The van der Waals surface area contributed by atoms with E-state index in [9.17, 15) is 4.79 Å². The summed E-state index contributed by atoms with van der Waals surface area (Å²) in [5, 5.41) is 0.664. The van der Waals surface area contributed by atoms with Gasteiger partial charge in [0.05, 0.1) is 12.1 Å². The Morgan fingerprint density at radius 2 is 2.05 bits per heavy atom. The topological polar surface area (TPSA) is 35.1 Å². The van der Waals surface area contributed by atoms with Gasteiger partial charge in [-0.3, -0.25) is 4.57 Å². The summed E-state index contributed by atoms with van der Waals surface area (Å²) in [5.74, 6) is -0.362. The fraction of sp³-hybridized carbons (Fsp3) is 0.133. The molecule has 102 valence electrons. The molecule has 0 fully saturated rings. The number of rotatable bonds is 2. The highest BCUT2D eigenvalue weighted by atomic mass is 127. The number of halogens is 2. The van der Waals surface area contributed by atoms with Gasteiger partial charge in [-0.1, -0.05) is 23.7 Å². The number of hydrogen-bond donors (Lipinski definition) is 0. The number of aromatic nitrogens is 1. The van der Waals surface area contributed by atoms with Crippen LogP contribution in [0.1, 0.15) is 11.1 Å². The van der Waals surface area contributed by atoms with E-state index in [1.165, 1.54) is 0 Å². The van der Waals surface area contributed by atoms with Crippen LogP contribution < -0.4 is 5.76 Å². The molecule has 0 amide bonds. The van der Waals surface area contributed by atoms with Crippen LogP contribution >= 0.6 is 34.2 Å². The molecule has 0 radical (unpaired) electrons. The summed E-state index contributed by atoms with van der Waals surface area (Å²) in [5.41, 5.74) is 3.39. The van der Waals surface area contributed by atoms with Gasteiger partial charge in [0.25, 0.3) is 0 Å². The van der Waals surface area contributed by atoms with E-state index in [1.54, 1.807) is 4.57 Å². The molecule has 5 heteroatoms. The first kappa shape index (κ1) is 13.7. The minimum absolute atomic E-state index is 0.362. The van der Waals surface area contributed by atoms with Crippen molar-refractivity contribution in [3.63, 3.8) is 0 Å². The minimum atomic E-state index is -0.362. The van der Waals surface area contributed by atoms with Gasteiger partial charge in [-0.05, 0) is 64.9 Å². The third-order valence-electron chi connectivity index (χ3n) is 3.17. The molecule has 0 aliphatic carbocycles. The molecule has 0 atom stereocenters. The second-order valence-corrected chi connectivity index (χ2v) is 6.31. The van der Waals surface area contributed by atoms with Gasteiger partial charge in [0, 0.05) is 8.59 Å². The molecule has 1 heterocycles. The van der Waals surface area contributed by atoms with Gasteiger partial charge in [0.1, 0.15) is 0 Å². The van der Waals surface area contributed by atoms with Gasteiger partial charge in [-0.2, -0.15) is 0 Å². The van der Waals surface area contributed by atoms with Crippen molar-refractivity contribution < 1.29 is 4.42 Å². The van der Waals surface area contributed by atoms with Crippen molar-refractivity contribution in [3.8, 4) is 0 Å². The maximum Gasteiger partial charge on any atom is 0.420 e. The van der Waals surface area contributed by atoms with Crippen LogP contribution in [0.2, 0.25) is 5.02 Å². The largest absolute Gasteiger partial charge is 0.420 e. The lowest BCUT2D eigenvalue weighted by atomic mass is 10.1. The fourth-order valence-corrected chi connectivity index (χ4v) is 2.91. The summed E-state index contributed by atoms with van der Waals surface area (Å²) in [4.78, 5) is 12.0. The molecule has 0 spiro atoms. The average molecular weight is 400 g/mol. The Morgan fingerprint density at radius 3 is 2.80 bits per heavy atom. The molecule has 3 nitrogen and oxygen atoms in total. The standard InChI is InChI=1S/C15H11ClINO2/c1-9-2-3-10(12(16)6-9)8-18-13-7-11(17)4-5-14(13)20-15(18)19/h2-7H,8H2,1H3. The molecule has 0 saturated carbocycles. The Hall–Kier alpha value is -1.27. The van der Waals surface area contributed by atoms with E-state index in [4.69, 9.17) is 16.0 Å². The van der Waals surface area contributed by atoms with Crippen LogP contribution in [-0.2, 0) is 6.54 Å². The normalized spacial score (nSPS) is 11.2. The van der Waals surface area contributed by atoms with Gasteiger partial charge in [-0.15, -0.1) is 0 Å². The molecule has 0 unspecified atom stereocenters. The molecule has 0 N–H and O–H groups in total. The molecule has 2 aromatic carbocycles. The Morgan fingerprint density at radius 1 is 1.25 bits per heavy atom. The molecule has 20 heavy (non-hydrogen) atoms. The van der Waals surface area contributed by atoms with Crippen molar-refractivity contribution >= 4 is 45.3 Å². The highest BCUT2D eigenvalue weighted by Gasteiger charge is 2.11. The molecule has 3 aromatic rings. The van der Waals surface area contributed by atoms with E-state index >= 15 is 0 Å². The number of fused-ring (bicyclic) bond motifs is 1. The summed E-state index contributed by atoms with van der Waals surface area (Å²) in [6.07, 6.45) is 0. The maximum absolute atomic E-state index is 12.0. The zero-order valence-electron chi connectivity index (χ0n) is 10.7. The lowest BCUT2D eigenvalue weighted by molar-refractivity contribution is 0.518. The number of aryl methyl sites for hydroxylation is 1. The minimum Gasteiger partial charge on any atom is -0.408 e. The molecule has 0 aliphatic heterocycles. The number of nitrogens with zero attached hydrogens (tertiary/aromatic N) is 1. The van der Waals surface area contributed by atoms with E-state index in [1.807, 2.05) is 43.3 Å². The first-order valence-electron chi connectivity index (χ1n) is 6.08. The van der Waals surface area contributed by atoms with Crippen LogP contribution in [-0.4, -0.2) is 4.57 Å². The summed E-state index contributed by atoms with van der Waals surface area (Å²) < 4.78 is 7.91. The molecule has 0 saturated heterocycles. The van der Waals surface area contributed by atoms with E-state index in [-0.39, 0.29) is 5.76 Å². The van der Waals surface area contributed by atoms with E-state index < -0.39 is 0 Å². The smallest absolute Gasteiger partial charge is 0.408 e. The van der Waals surface area contributed by atoms with E-state index in [0.717, 1.165) is 20.2 Å². The zero-order chi connectivity index (χ0) is 14.3. The van der Waals surface area contributed by atoms with Gasteiger partial charge in [0.15, 0.2) is 5.58 Å². The average Bonchev–Trinajstić information content (AvgIpc) is 2.69. The van der Waals surface area contributed by atoms with E-state index in [0.29, 0.717) is 17.2 Å². The van der Waals surface area contributed by atoms with Gasteiger partial charge >= 0.3 is 5.76 Å². The predicted octanol–water partition coefficient (Wildman–Crippen LogP) is 4.21. The Bertz CT molecular complexity index is 851. The Balaban J connectivity index is 2.12. The van der Waals surface area contributed by atoms with Crippen molar-refractivity contribution in [3.05, 3.63) is 66.7 Å². The monoisotopic (exact) mass is 399 g/mol. The molecular weight excluding hydrogens is 389 g/mol. The summed E-state index contributed by atoms with van der Waals surface area (Å²) >= 11 is 8.45. The Labute approximate surface area is 134 Å². The maximum atomic E-state index is 12.0. The van der Waals surface area contributed by atoms with Gasteiger partial charge < -0.3 is 4.42 Å². The van der Waals surface area contributed by atoms with Gasteiger partial charge in [-0.25, -0.2) is 4.79 Å². The molecule has 1 aromatic heterocycles. The van der Waals surface area contributed by atoms with Crippen LogP contribution in [0.15, 0.2) is 45.6 Å². The van der Waals surface area contributed by atoms with Crippen LogP contribution in [0.5, 0.6) is 0 Å². The molecule has 3 rings (SSSR count). The van der Waals surface area contributed by atoms with Crippen molar-refractivity contribution in [2.45, 2.75) is 13.5 Å². The third-order valence-corrected chi connectivity index (χ3v) is 4.19. The zero-order valence-corrected chi connectivity index (χ0v) is 13.6. The molecule has 0 aliphatic rings. The number of hydrogen-bond acceptors (Lipinski definition) is 2. The highest BCUT2D eigenvalue weighted by Crippen LogP contribution is 2.21. The van der Waals surface area contributed by atoms with Crippen molar-refractivity contribution in [2.75, 3.05) is 0 Å². The van der Waals surface area contributed by atoms with Crippen LogP contribution in [0, 0.1) is 10.5 Å². The third kappa shape index (κ3) is 2.50. The number of oxazole rings is 1. The molecule has 0 bridgehead atoms. The lowest BCUT2D eigenvalue weighted by Gasteiger charge is -2.06. The Kier molecular flexibility index (Phi) is 3.60. The summed E-state index contributed by atoms with van der Waals surface area (Å²) in [6.45, 7) is 2.39. The lowest BCUT2D eigenvalue weighted by Crippen LogP contribution is -2.15. The first-order chi connectivity index (χ1) is 9.54. The SMILES string of the molecule is Cc1ccc(Cn2c(=O)oc3ccc(I)cc32)c(Cl)c1. The van der Waals surface area contributed by atoms with Crippen molar-refractivity contribution in [1.82, 2.24) is 4.57 Å². The van der Waals surface area contributed by atoms with Gasteiger partial charge in [0.2, 0.25) is 0 Å². The number of benzene rings is 2. The van der Waals surface area contributed by atoms with E-state index in [2.05, 4.69) is 22.6 Å². The predicted molar refractivity (Wildman–Crippen MR) is 88.5 cm³/mol. The fourth-order valence-electron chi connectivity index (χ4n) is 2.14. The second kappa shape index (κ2) is 5.26. The first-order valence-corrected chi connectivity index (χ1v) is 7.54. The highest BCUT2D eigenvalue weighted by molar-refractivity contribution is 14.1. The van der Waals surface area contributed by atoms with Crippen LogP contribution in [0.3, 0.4) is 0 Å². The summed E-state index contributed by atoms with van der Waals surface area (Å²) in [6, 6.07) is 11.5.